The van der Waals surface area contributed by atoms with E-state index in [9.17, 15) is 4.39 Å². The van der Waals surface area contributed by atoms with Crippen LogP contribution >= 0.6 is 15.9 Å². The monoisotopic (exact) mass is 348 g/mol. The molecule has 1 aliphatic rings. The van der Waals surface area contributed by atoms with Crippen LogP contribution < -0.4 is 11.3 Å². The molecule has 0 fully saturated rings. The number of hydrogen-bond acceptors (Lipinski definition) is 2. The largest absolute Gasteiger partial charge is 0.271 e. The lowest BCUT2D eigenvalue weighted by atomic mass is 9.89. The summed E-state index contributed by atoms with van der Waals surface area (Å²) in [5.41, 5.74) is 6.85. The molecule has 2 unspecified atom stereocenters. The Labute approximate surface area is 132 Å². The Hall–Kier alpha value is -1.23. The molecule has 2 nitrogen and oxygen atoms in total. The molecular weight excluding hydrogens is 331 g/mol. The SMILES string of the molecule is NNC(Cc1ccc(F)c(Br)c1)C1CCc2ccccc21. The van der Waals surface area contributed by atoms with Crippen LogP contribution in [0.4, 0.5) is 4.39 Å². The van der Waals surface area contributed by atoms with Crippen LogP contribution in [-0.4, -0.2) is 6.04 Å². The van der Waals surface area contributed by atoms with Crippen molar-refractivity contribution in [2.45, 2.75) is 31.2 Å². The molecule has 110 valence electrons. The van der Waals surface area contributed by atoms with Gasteiger partial charge in [0.2, 0.25) is 0 Å². The van der Waals surface area contributed by atoms with Gasteiger partial charge in [0.1, 0.15) is 5.82 Å². The van der Waals surface area contributed by atoms with Crippen LogP contribution in [0.25, 0.3) is 0 Å². The number of halogens is 2. The van der Waals surface area contributed by atoms with Gasteiger partial charge in [-0.05, 0) is 64.0 Å². The molecular formula is C17H18BrFN2. The van der Waals surface area contributed by atoms with Crippen molar-refractivity contribution in [1.82, 2.24) is 5.43 Å². The van der Waals surface area contributed by atoms with Crippen molar-refractivity contribution in [3.63, 3.8) is 0 Å². The number of nitrogens with two attached hydrogens (primary N) is 1. The zero-order valence-corrected chi connectivity index (χ0v) is 13.2. The highest BCUT2D eigenvalue weighted by molar-refractivity contribution is 9.10. The van der Waals surface area contributed by atoms with E-state index in [-0.39, 0.29) is 11.9 Å². The first-order valence-corrected chi connectivity index (χ1v) is 7.96. The minimum atomic E-state index is -0.234. The standard InChI is InChI=1S/C17H18BrFN2/c18-15-9-11(5-8-16(15)19)10-17(21-20)14-7-6-12-3-1-2-4-13(12)14/h1-5,8-9,14,17,21H,6-7,10,20H2. The zero-order valence-electron chi connectivity index (χ0n) is 11.7. The Balaban J connectivity index is 1.81. The lowest BCUT2D eigenvalue weighted by Gasteiger charge is -2.24. The van der Waals surface area contributed by atoms with Crippen molar-refractivity contribution in [3.8, 4) is 0 Å². The van der Waals surface area contributed by atoms with Crippen molar-refractivity contribution in [2.24, 2.45) is 5.84 Å². The van der Waals surface area contributed by atoms with Gasteiger partial charge < -0.3 is 0 Å². The van der Waals surface area contributed by atoms with Crippen LogP contribution in [0, 0.1) is 5.82 Å². The summed E-state index contributed by atoms with van der Waals surface area (Å²) in [6, 6.07) is 13.9. The zero-order chi connectivity index (χ0) is 14.8. The molecule has 0 spiro atoms. The van der Waals surface area contributed by atoms with Gasteiger partial charge in [0, 0.05) is 12.0 Å². The van der Waals surface area contributed by atoms with Crippen molar-refractivity contribution >= 4 is 15.9 Å². The van der Waals surface area contributed by atoms with Gasteiger partial charge in [0.25, 0.3) is 0 Å². The predicted octanol–water partition coefficient (Wildman–Crippen LogP) is 3.69. The van der Waals surface area contributed by atoms with Crippen molar-refractivity contribution < 1.29 is 4.39 Å². The number of benzene rings is 2. The minimum absolute atomic E-state index is 0.158. The third-order valence-electron chi connectivity index (χ3n) is 4.32. The third-order valence-corrected chi connectivity index (χ3v) is 4.93. The number of aryl methyl sites for hydroxylation is 1. The van der Waals surface area contributed by atoms with E-state index >= 15 is 0 Å². The van der Waals surface area contributed by atoms with Crippen molar-refractivity contribution in [3.05, 3.63) is 69.4 Å². The summed E-state index contributed by atoms with van der Waals surface area (Å²) < 4.78 is 13.8. The number of hydrazine groups is 1. The van der Waals surface area contributed by atoms with Gasteiger partial charge in [-0.2, -0.15) is 0 Å². The van der Waals surface area contributed by atoms with E-state index in [4.69, 9.17) is 5.84 Å². The highest BCUT2D eigenvalue weighted by Crippen LogP contribution is 2.36. The van der Waals surface area contributed by atoms with Crippen LogP contribution in [0.5, 0.6) is 0 Å². The summed E-state index contributed by atoms with van der Waals surface area (Å²) in [4.78, 5) is 0. The first-order chi connectivity index (χ1) is 10.2. The van der Waals surface area contributed by atoms with Crippen LogP contribution in [0.1, 0.15) is 29.0 Å². The van der Waals surface area contributed by atoms with Crippen molar-refractivity contribution in [1.29, 1.82) is 0 Å². The molecule has 0 radical (unpaired) electrons. The topological polar surface area (TPSA) is 38.0 Å². The third kappa shape index (κ3) is 3.03. The number of hydrogen-bond donors (Lipinski definition) is 2. The van der Waals surface area contributed by atoms with E-state index in [0.717, 1.165) is 24.8 Å². The van der Waals surface area contributed by atoms with Gasteiger partial charge >= 0.3 is 0 Å². The highest BCUT2D eigenvalue weighted by atomic mass is 79.9. The molecule has 4 heteroatoms. The Morgan fingerprint density at radius 3 is 2.86 bits per heavy atom. The van der Waals surface area contributed by atoms with Gasteiger partial charge in [-0.1, -0.05) is 30.3 Å². The lowest BCUT2D eigenvalue weighted by Crippen LogP contribution is -2.40. The van der Waals surface area contributed by atoms with Crippen molar-refractivity contribution in [2.75, 3.05) is 0 Å². The van der Waals surface area contributed by atoms with Crippen LogP contribution in [-0.2, 0) is 12.8 Å². The Bertz CT molecular complexity index is 644. The molecule has 3 rings (SSSR count). The first-order valence-electron chi connectivity index (χ1n) is 7.17. The molecule has 0 heterocycles. The maximum Gasteiger partial charge on any atom is 0.137 e. The summed E-state index contributed by atoms with van der Waals surface area (Å²) in [5, 5.41) is 0. The summed E-state index contributed by atoms with van der Waals surface area (Å²) in [7, 11) is 0. The Kier molecular flexibility index (Phi) is 4.38. The molecule has 0 bridgehead atoms. The average molecular weight is 349 g/mol. The Morgan fingerprint density at radius 2 is 2.10 bits per heavy atom. The number of fused-ring (bicyclic) bond motifs is 1. The van der Waals surface area contributed by atoms with E-state index < -0.39 is 0 Å². The van der Waals surface area contributed by atoms with Gasteiger partial charge in [-0.3, -0.25) is 11.3 Å². The van der Waals surface area contributed by atoms with Crippen LogP contribution in [0.15, 0.2) is 46.9 Å². The smallest absolute Gasteiger partial charge is 0.137 e. The second kappa shape index (κ2) is 6.26. The lowest BCUT2D eigenvalue weighted by molar-refractivity contribution is 0.434. The quantitative estimate of drug-likeness (QED) is 0.653. The summed E-state index contributed by atoms with van der Waals surface area (Å²) >= 11 is 3.24. The number of rotatable bonds is 4. The highest BCUT2D eigenvalue weighted by Gasteiger charge is 2.29. The molecule has 0 aliphatic heterocycles. The van der Waals surface area contributed by atoms with E-state index in [1.165, 1.54) is 17.2 Å². The fourth-order valence-electron chi connectivity index (χ4n) is 3.25. The van der Waals surface area contributed by atoms with E-state index in [1.54, 1.807) is 0 Å². The summed E-state index contributed by atoms with van der Waals surface area (Å²) in [5.74, 6) is 5.97. The normalized spacial score (nSPS) is 18.5. The summed E-state index contributed by atoms with van der Waals surface area (Å²) in [6.07, 6.45) is 3.00. The summed E-state index contributed by atoms with van der Waals surface area (Å²) in [6.45, 7) is 0. The maximum absolute atomic E-state index is 13.3. The molecule has 2 aromatic carbocycles. The molecule has 0 saturated carbocycles. The molecule has 3 N–H and O–H groups in total. The Morgan fingerprint density at radius 1 is 1.29 bits per heavy atom. The fourth-order valence-corrected chi connectivity index (χ4v) is 3.67. The van der Waals surface area contributed by atoms with E-state index in [1.807, 2.05) is 12.1 Å². The average Bonchev–Trinajstić information content (AvgIpc) is 2.92. The minimum Gasteiger partial charge on any atom is -0.271 e. The second-order valence-electron chi connectivity index (χ2n) is 5.57. The van der Waals surface area contributed by atoms with E-state index in [0.29, 0.717) is 10.4 Å². The molecule has 21 heavy (non-hydrogen) atoms. The van der Waals surface area contributed by atoms with Crippen LogP contribution in [0.2, 0.25) is 0 Å². The van der Waals surface area contributed by atoms with Crippen LogP contribution in [0.3, 0.4) is 0 Å². The second-order valence-corrected chi connectivity index (χ2v) is 6.42. The van der Waals surface area contributed by atoms with E-state index in [2.05, 4.69) is 45.6 Å². The maximum atomic E-state index is 13.3. The predicted molar refractivity (Wildman–Crippen MR) is 86.4 cm³/mol. The molecule has 0 amide bonds. The van der Waals surface area contributed by atoms with Gasteiger partial charge in [0.05, 0.1) is 4.47 Å². The fraction of sp³-hybridized carbons (Fsp3) is 0.294. The molecule has 0 aromatic heterocycles. The molecule has 1 aliphatic carbocycles. The molecule has 2 aromatic rings. The molecule has 2 atom stereocenters. The first kappa shape index (κ1) is 14.7. The number of nitrogens with one attached hydrogen (secondary N) is 1. The molecule has 0 saturated heterocycles. The van der Waals surface area contributed by atoms with Gasteiger partial charge in [0.15, 0.2) is 0 Å². The van der Waals surface area contributed by atoms with Gasteiger partial charge in [-0.25, -0.2) is 4.39 Å². The van der Waals surface area contributed by atoms with Gasteiger partial charge in [-0.15, -0.1) is 0 Å².